The quantitative estimate of drug-likeness (QED) is 0.816. The van der Waals surface area contributed by atoms with E-state index in [1.165, 1.54) is 0 Å². The summed E-state index contributed by atoms with van der Waals surface area (Å²) in [6.07, 6.45) is -4.69. The zero-order chi connectivity index (χ0) is 18.9. The van der Waals surface area contributed by atoms with Crippen molar-refractivity contribution in [1.29, 1.82) is 0 Å². The Hall–Kier alpha value is -2.90. The van der Waals surface area contributed by atoms with Gasteiger partial charge in [-0.05, 0) is 29.8 Å². The lowest BCUT2D eigenvalue weighted by atomic mass is 10.0. The maximum Gasteiger partial charge on any atom is 0.416 e. The van der Waals surface area contributed by atoms with Crippen LogP contribution in [0, 0.1) is 5.82 Å². The van der Waals surface area contributed by atoms with Crippen molar-refractivity contribution in [2.75, 3.05) is 0 Å². The minimum Gasteiger partial charge on any atom is -0.352 e. The maximum atomic E-state index is 13.7. The molecule has 0 spiro atoms. The van der Waals surface area contributed by atoms with Crippen LogP contribution in [-0.4, -0.2) is 11.8 Å². The number of hydrogen-bond donors (Lipinski definition) is 2. The van der Waals surface area contributed by atoms with Crippen LogP contribution in [0.4, 0.5) is 17.6 Å². The van der Waals surface area contributed by atoms with E-state index >= 15 is 0 Å². The number of halogens is 4. The molecule has 0 bridgehead atoms. The van der Waals surface area contributed by atoms with E-state index in [0.717, 1.165) is 6.07 Å². The normalized spacial score (nSPS) is 16.2. The summed E-state index contributed by atoms with van der Waals surface area (Å²) in [5.74, 6) is -1.64. The highest BCUT2D eigenvalue weighted by molar-refractivity contribution is 5.99. The molecule has 1 aliphatic rings. The molecule has 3 rings (SSSR count). The van der Waals surface area contributed by atoms with E-state index in [1.807, 2.05) is 0 Å². The zero-order valence-corrected chi connectivity index (χ0v) is 13.4. The molecular formula is C18H14F4N2O2. The molecule has 2 amide bonds. The third kappa shape index (κ3) is 3.68. The van der Waals surface area contributed by atoms with Gasteiger partial charge in [-0.15, -0.1) is 0 Å². The van der Waals surface area contributed by atoms with Crippen molar-refractivity contribution in [2.24, 2.45) is 0 Å². The van der Waals surface area contributed by atoms with E-state index in [9.17, 15) is 27.2 Å². The van der Waals surface area contributed by atoms with E-state index in [1.54, 1.807) is 24.3 Å². The van der Waals surface area contributed by atoms with Crippen LogP contribution in [0.2, 0.25) is 0 Å². The second-order valence-corrected chi connectivity index (χ2v) is 5.90. The van der Waals surface area contributed by atoms with Crippen molar-refractivity contribution in [3.05, 3.63) is 70.5 Å². The minimum absolute atomic E-state index is 0.0939. The van der Waals surface area contributed by atoms with Crippen LogP contribution in [0.25, 0.3) is 0 Å². The number of hydrogen-bond acceptors (Lipinski definition) is 2. The first-order valence-corrected chi connectivity index (χ1v) is 7.78. The lowest BCUT2D eigenvalue weighted by molar-refractivity contribution is -0.137. The first kappa shape index (κ1) is 17.9. The summed E-state index contributed by atoms with van der Waals surface area (Å²) < 4.78 is 51.8. The first-order valence-electron chi connectivity index (χ1n) is 7.78. The SMILES string of the molecule is O=C(CC1NC(=O)c2ccccc21)NCc1cc(C(F)(F)F)ccc1F. The Morgan fingerprint density at radius 1 is 1.15 bits per heavy atom. The molecule has 1 unspecified atom stereocenters. The van der Waals surface area contributed by atoms with Crippen molar-refractivity contribution in [2.45, 2.75) is 25.2 Å². The molecule has 2 N–H and O–H groups in total. The van der Waals surface area contributed by atoms with Crippen molar-refractivity contribution in [1.82, 2.24) is 10.6 Å². The van der Waals surface area contributed by atoms with Gasteiger partial charge >= 0.3 is 6.18 Å². The molecule has 1 heterocycles. The van der Waals surface area contributed by atoms with Gasteiger partial charge in [-0.1, -0.05) is 18.2 Å². The van der Waals surface area contributed by atoms with Crippen LogP contribution < -0.4 is 10.6 Å². The Balaban J connectivity index is 1.65. The fourth-order valence-corrected chi connectivity index (χ4v) is 2.82. The Morgan fingerprint density at radius 2 is 1.88 bits per heavy atom. The summed E-state index contributed by atoms with van der Waals surface area (Å²) in [5, 5.41) is 5.06. The van der Waals surface area contributed by atoms with Crippen LogP contribution >= 0.6 is 0 Å². The average Bonchev–Trinajstić information content (AvgIpc) is 2.89. The number of fused-ring (bicyclic) bond motifs is 1. The summed E-state index contributed by atoms with van der Waals surface area (Å²) in [7, 11) is 0. The molecule has 0 aromatic heterocycles. The number of rotatable bonds is 4. The molecule has 2 aromatic carbocycles. The lowest BCUT2D eigenvalue weighted by Crippen LogP contribution is -2.29. The highest BCUT2D eigenvalue weighted by atomic mass is 19.4. The largest absolute Gasteiger partial charge is 0.416 e. The average molecular weight is 366 g/mol. The minimum atomic E-state index is -4.59. The van der Waals surface area contributed by atoms with E-state index in [2.05, 4.69) is 10.6 Å². The highest BCUT2D eigenvalue weighted by Crippen LogP contribution is 2.30. The smallest absolute Gasteiger partial charge is 0.352 e. The second-order valence-electron chi connectivity index (χ2n) is 5.90. The van der Waals surface area contributed by atoms with Crippen molar-refractivity contribution in [3.63, 3.8) is 0 Å². The first-order chi connectivity index (χ1) is 12.3. The zero-order valence-electron chi connectivity index (χ0n) is 13.4. The van der Waals surface area contributed by atoms with Crippen molar-refractivity contribution < 1.29 is 27.2 Å². The second kappa shape index (κ2) is 6.78. The molecule has 26 heavy (non-hydrogen) atoms. The third-order valence-corrected chi connectivity index (χ3v) is 4.12. The highest BCUT2D eigenvalue weighted by Gasteiger charge is 2.31. The third-order valence-electron chi connectivity index (χ3n) is 4.12. The Kier molecular flexibility index (Phi) is 4.67. The fourth-order valence-electron chi connectivity index (χ4n) is 2.82. The fraction of sp³-hybridized carbons (Fsp3) is 0.222. The molecule has 1 atom stereocenters. The molecule has 8 heteroatoms. The molecule has 0 saturated carbocycles. The van der Waals surface area contributed by atoms with Crippen molar-refractivity contribution in [3.8, 4) is 0 Å². The van der Waals surface area contributed by atoms with Gasteiger partial charge in [0.1, 0.15) is 5.82 Å². The van der Waals surface area contributed by atoms with Gasteiger partial charge in [0, 0.05) is 17.7 Å². The van der Waals surface area contributed by atoms with Crippen LogP contribution in [0.3, 0.4) is 0 Å². The van der Waals surface area contributed by atoms with Gasteiger partial charge in [-0.3, -0.25) is 9.59 Å². The van der Waals surface area contributed by atoms with Crippen LogP contribution in [0.15, 0.2) is 42.5 Å². The molecule has 136 valence electrons. The topological polar surface area (TPSA) is 58.2 Å². The van der Waals surface area contributed by atoms with Gasteiger partial charge in [0.25, 0.3) is 5.91 Å². The standard InChI is InChI=1S/C18H14F4N2O2/c19-14-6-5-11(18(20,21)22)7-10(14)9-23-16(25)8-15-12-3-1-2-4-13(12)17(26)24-15/h1-7,15H,8-9H2,(H,23,25)(H,24,26). The summed E-state index contributed by atoms with van der Waals surface area (Å²) in [4.78, 5) is 23.9. The summed E-state index contributed by atoms with van der Waals surface area (Å²) in [5.41, 5.74) is -0.0868. The Bertz CT molecular complexity index is 865. The molecule has 0 radical (unpaired) electrons. The monoisotopic (exact) mass is 366 g/mol. The van der Waals surface area contributed by atoms with Crippen LogP contribution in [0.1, 0.15) is 39.5 Å². The number of nitrogens with one attached hydrogen (secondary N) is 2. The van der Waals surface area contributed by atoms with E-state index in [-0.39, 0.29) is 24.4 Å². The predicted octanol–water partition coefficient (Wildman–Crippen LogP) is 3.34. The van der Waals surface area contributed by atoms with Gasteiger partial charge in [0.2, 0.25) is 5.91 Å². The van der Waals surface area contributed by atoms with Gasteiger partial charge in [-0.25, -0.2) is 4.39 Å². The molecule has 0 aliphatic carbocycles. The van der Waals surface area contributed by atoms with Gasteiger partial charge in [0.05, 0.1) is 18.0 Å². The Morgan fingerprint density at radius 3 is 2.62 bits per heavy atom. The lowest BCUT2D eigenvalue weighted by Gasteiger charge is -2.13. The molecular weight excluding hydrogens is 352 g/mol. The Labute approximate surface area is 146 Å². The van der Waals surface area contributed by atoms with Crippen LogP contribution in [-0.2, 0) is 17.5 Å². The molecule has 4 nitrogen and oxygen atoms in total. The molecule has 0 saturated heterocycles. The number of carbonyl (C=O) groups excluding carboxylic acids is 2. The number of amides is 2. The molecule has 2 aromatic rings. The summed E-state index contributed by atoms with van der Waals surface area (Å²) >= 11 is 0. The van der Waals surface area contributed by atoms with E-state index < -0.39 is 29.5 Å². The molecule has 0 fully saturated rings. The van der Waals surface area contributed by atoms with E-state index in [4.69, 9.17) is 0 Å². The molecule has 1 aliphatic heterocycles. The van der Waals surface area contributed by atoms with Gasteiger partial charge in [-0.2, -0.15) is 13.2 Å². The van der Waals surface area contributed by atoms with Gasteiger partial charge < -0.3 is 10.6 Å². The van der Waals surface area contributed by atoms with Crippen LogP contribution in [0.5, 0.6) is 0 Å². The van der Waals surface area contributed by atoms with Gasteiger partial charge in [0.15, 0.2) is 0 Å². The number of alkyl halides is 3. The predicted molar refractivity (Wildman–Crippen MR) is 84.5 cm³/mol. The number of carbonyl (C=O) groups is 2. The maximum absolute atomic E-state index is 13.7. The van der Waals surface area contributed by atoms with Crippen molar-refractivity contribution >= 4 is 11.8 Å². The summed E-state index contributed by atoms with van der Waals surface area (Å²) in [6.45, 7) is -0.378. The summed E-state index contributed by atoms with van der Waals surface area (Å²) in [6, 6.07) is 8.31. The number of benzene rings is 2. The van der Waals surface area contributed by atoms with E-state index in [0.29, 0.717) is 23.3 Å².